The molecule has 7 heteroatoms. The fourth-order valence-electron chi connectivity index (χ4n) is 18.1. The minimum atomic E-state index is -1.05. The number of hydrogen-bond acceptors (Lipinski definition) is 4. The number of anilines is 9. The lowest BCUT2D eigenvalue weighted by molar-refractivity contribution is 0.491. The van der Waals surface area contributed by atoms with Crippen LogP contribution in [0.5, 0.6) is 11.5 Å². The van der Waals surface area contributed by atoms with E-state index in [0.717, 1.165) is 140 Å². The van der Waals surface area contributed by atoms with Crippen LogP contribution in [0.4, 0.5) is 51.2 Å². The van der Waals surface area contributed by atoms with Crippen LogP contribution in [0.2, 0.25) is 0 Å². The summed E-state index contributed by atoms with van der Waals surface area (Å²) in [4.78, 5) is 7.35. The Kier molecular flexibility index (Phi) is 12.9. The van der Waals surface area contributed by atoms with Crippen molar-refractivity contribution in [1.82, 2.24) is 4.57 Å². The average molecular weight is 1450 g/mol. The zero-order valence-corrected chi connectivity index (χ0v) is 62.0. The van der Waals surface area contributed by atoms with Crippen LogP contribution in [0.25, 0.3) is 105 Å². The van der Waals surface area contributed by atoms with E-state index >= 15 is 0 Å². The molecule has 0 fully saturated rings. The molecule has 0 spiro atoms. The molecular weight excluding hydrogens is 1370 g/mol. The summed E-state index contributed by atoms with van der Waals surface area (Å²) in [6, 6.07) is 109. The zero-order chi connectivity index (χ0) is 84.6. The van der Waals surface area contributed by atoms with Crippen molar-refractivity contribution in [2.45, 2.75) is 26.2 Å². The van der Waals surface area contributed by atoms with E-state index in [-0.39, 0.29) is 44.7 Å². The fourth-order valence-corrected chi connectivity index (χ4v) is 18.1. The first-order valence-electron chi connectivity index (χ1n) is 44.0. The summed E-state index contributed by atoms with van der Waals surface area (Å²) >= 11 is 0. The SMILES string of the molecule is [2H]c1c([2H])c(-n2c3c([2H])c([2H])c([2H])c([2H])c3c3c([2H])c([2H])c([2H])c([2H])c32)c([2H])c2c1B1c3cc(-c4ccccc4)ccc3N(c3c(-c4ccccc4)cccc3-c3ccccc3)c3cc4c(c(c31)O2)B1c2ccc(-c3ccccc3)cc2N(c2c(-c3ccccc3)cccc2-c2ccccc2)c2cc(C(C)(C)C)cc(c21)N4c1ccccc1-c1ccccc1. The Hall–Kier alpha value is -14.1. The molecule has 0 unspecified atom stereocenters. The predicted octanol–water partition coefficient (Wildman–Crippen LogP) is 24.2. The van der Waals surface area contributed by atoms with Gasteiger partial charge in [0.25, 0.3) is 13.4 Å². The smallest absolute Gasteiger partial charge is 0.256 e. The standard InChI is InChI=1S/C106H74B2N4O/c1-106(2,3)78-65-95-100-96(66-78)112(104-83(74-43-21-9-22-44-74)52-32-53-84(104)75-45-23-10-24-46-75)94-64-77(70-35-13-5-14-36-70)57-60-87(94)108(100)102-97(110(95)90-54-28-25-47-80(90)71-37-15-6-16-38-71)68-98-101-105(102)113-99-67-79(109-91-55-29-26-48-85(91)86-49-27-30-56-92(86)109)59-61-88(99)107(101)89-63-76(69-33-11-4-12-34-69)58-62-93(89)111(98)103-81(72-39-17-7-18-40-72)50-31-51-82(103)73-41-19-8-20-42-73/h4-68H,1-3H3/i26D,27D,29D,30D,48D,49D,55D,56D,59D,61D,67D. The van der Waals surface area contributed by atoms with Gasteiger partial charge in [-0.3, -0.25) is 0 Å². The van der Waals surface area contributed by atoms with Crippen LogP contribution in [-0.2, 0) is 5.41 Å². The number of nitrogens with zero attached hydrogens (tertiary/aromatic N) is 4. The molecule has 0 saturated heterocycles. The summed E-state index contributed by atoms with van der Waals surface area (Å²) < 4.78 is 119. The fraction of sp³-hybridized carbons (Fsp3) is 0.0377. The van der Waals surface area contributed by atoms with E-state index < -0.39 is 79.3 Å². The van der Waals surface area contributed by atoms with Crippen LogP contribution in [0.1, 0.15) is 41.4 Å². The topological polar surface area (TPSA) is 23.9 Å². The number of benzene rings is 17. The van der Waals surface area contributed by atoms with E-state index in [1.165, 1.54) is 4.57 Å². The highest BCUT2D eigenvalue weighted by Crippen LogP contribution is 2.57. The van der Waals surface area contributed by atoms with Gasteiger partial charge in [0.1, 0.15) is 11.5 Å². The second kappa shape index (κ2) is 26.3. The summed E-state index contributed by atoms with van der Waals surface area (Å²) in [5, 5.41) is -0.465. The van der Waals surface area contributed by atoms with Crippen LogP contribution in [-0.4, -0.2) is 18.0 Å². The third kappa shape index (κ3) is 10.6. The molecule has 18 aromatic rings. The van der Waals surface area contributed by atoms with E-state index in [2.05, 4.69) is 321 Å². The van der Waals surface area contributed by atoms with E-state index in [9.17, 15) is 12.3 Å². The van der Waals surface area contributed by atoms with Gasteiger partial charge in [0.15, 0.2) is 0 Å². The average Bonchev–Trinajstić information content (AvgIpc) is 0.747. The minimum absolute atomic E-state index is 0.129. The lowest BCUT2D eigenvalue weighted by atomic mass is 9.30. The second-order valence-electron chi connectivity index (χ2n) is 30.5. The molecule has 0 amide bonds. The van der Waals surface area contributed by atoms with Crippen LogP contribution < -0.4 is 52.2 Å². The van der Waals surface area contributed by atoms with E-state index in [1.54, 1.807) is 0 Å². The molecule has 5 nitrogen and oxygen atoms in total. The van der Waals surface area contributed by atoms with Gasteiger partial charge in [-0.05, 0) is 148 Å². The van der Waals surface area contributed by atoms with Crippen molar-refractivity contribution in [2.24, 2.45) is 0 Å². The second-order valence-corrected chi connectivity index (χ2v) is 30.5. The molecule has 4 aliphatic rings. The van der Waals surface area contributed by atoms with Gasteiger partial charge >= 0.3 is 0 Å². The van der Waals surface area contributed by atoms with Crippen LogP contribution >= 0.6 is 0 Å². The normalized spacial score (nSPS) is 14.3. The predicted molar refractivity (Wildman–Crippen MR) is 477 cm³/mol. The van der Waals surface area contributed by atoms with E-state index in [1.807, 2.05) is 42.5 Å². The Bertz CT molecular complexity index is 7340. The molecule has 0 N–H and O–H groups in total. The molecule has 22 rings (SSSR count). The Morgan fingerprint density at radius 1 is 0.292 bits per heavy atom. The highest BCUT2D eigenvalue weighted by atomic mass is 16.5. The van der Waals surface area contributed by atoms with Crippen LogP contribution in [0.15, 0.2) is 394 Å². The number of hydrogen-bond donors (Lipinski definition) is 0. The number of ether oxygens (including phenoxy) is 1. The van der Waals surface area contributed by atoms with Crippen molar-refractivity contribution in [1.29, 1.82) is 0 Å². The molecule has 530 valence electrons. The Morgan fingerprint density at radius 2 is 0.708 bits per heavy atom. The molecule has 0 radical (unpaired) electrons. The van der Waals surface area contributed by atoms with E-state index in [0.29, 0.717) is 27.8 Å². The lowest BCUT2D eigenvalue weighted by Gasteiger charge is -2.48. The first-order chi connectivity index (χ1) is 60.3. The van der Waals surface area contributed by atoms with Crippen molar-refractivity contribution >= 4 is 119 Å². The van der Waals surface area contributed by atoms with Crippen molar-refractivity contribution in [2.75, 3.05) is 14.7 Å². The third-order valence-corrected chi connectivity index (χ3v) is 23.2. The molecule has 4 aliphatic heterocycles. The highest BCUT2D eigenvalue weighted by Gasteiger charge is 2.52. The maximum Gasteiger partial charge on any atom is 0.256 e. The van der Waals surface area contributed by atoms with Gasteiger partial charge in [0.2, 0.25) is 0 Å². The van der Waals surface area contributed by atoms with Crippen molar-refractivity contribution in [3.05, 3.63) is 400 Å². The summed E-state index contributed by atoms with van der Waals surface area (Å²) in [7, 11) is 0. The van der Waals surface area contributed by atoms with Gasteiger partial charge in [-0.15, -0.1) is 0 Å². The maximum absolute atomic E-state index is 11.4. The summed E-state index contributed by atoms with van der Waals surface area (Å²) in [5.74, 6) is 0.229. The number of fused-ring (bicyclic) bond motifs is 12. The summed E-state index contributed by atoms with van der Waals surface area (Å²) in [5.41, 5.74) is 24.5. The third-order valence-electron chi connectivity index (χ3n) is 23.2. The molecule has 0 atom stereocenters. The van der Waals surface area contributed by atoms with Gasteiger partial charge in [-0.25, -0.2) is 0 Å². The summed E-state index contributed by atoms with van der Waals surface area (Å²) in [6.07, 6.45) is 0. The summed E-state index contributed by atoms with van der Waals surface area (Å²) in [6.45, 7) is 5.01. The van der Waals surface area contributed by atoms with Gasteiger partial charge in [-0.1, -0.05) is 354 Å². The number of rotatable bonds is 11. The molecule has 113 heavy (non-hydrogen) atoms. The zero-order valence-electron chi connectivity index (χ0n) is 73.0. The Morgan fingerprint density at radius 3 is 1.23 bits per heavy atom. The quantitative estimate of drug-likeness (QED) is 0.120. The lowest BCUT2D eigenvalue weighted by Crippen LogP contribution is -2.65. The molecule has 1 aromatic heterocycles. The Labute approximate surface area is 675 Å². The molecular formula is C106H74B2N4O. The van der Waals surface area contributed by atoms with Crippen LogP contribution in [0, 0.1) is 0 Å². The van der Waals surface area contributed by atoms with Crippen molar-refractivity contribution in [3.8, 4) is 95.1 Å². The van der Waals surface area contributed by atoms with Gasteiger partial charge < -0.3 is 24.0 Å². The van der Waals surface area contributed by atoms with Gasteiger partial charge in [0.05, 0.1) is 43.2 Å². The monoisotopic (exact) mass is 1450 g/mol. The molecule has 17 aromatic carbocycles. The first kappa shape index (κ1) is 55.3. The van der Waals surface area contributed by atoms with Gasteiger partial charge in [0, 0.05) is 84.4 Å². The first-order valence-corrected chi connectivity index (χ1v) is 38.5. The van der Waals surface area contributed by atoms with E-state index in [4.69, 9.17) is 7.48 Å². The van der Waals surface area contributed by atoms with Crippen LogP contribution in [0.3, 0.4) is 0 Å². The molecule has 5 heterocycles. The minimum Gasteiger partial charge on any atom is -0.459 e. The largest absolute Gasteiger partial charge is 0.459 e. The number of para-hydroxylation sites is 5. The maximum atomic E-state index is 11.4. The Balaban J connectivity index is 0.958. The molecule has 0 saturated carbocycles. The number of aromatic nitrogens is 1. The van der Waals surface area contributed by atoms with Crippen molar-refractivity contribution in [3.63, 3.8) is 0 Å². The molecule has 0 bridgehead atoms. The highest BCUT2D eigenvalue weighted by molar-refractivity contribution is 7.03. The van der Waals surface area contributed by atoms with Gasteiger partial charge in [-0.2, -0.15) is 0 Å². The van der Waals surface area contributed by atoms with Crippen molar-refractivity contribution < 1.29 is 19.8 Å². The molecule has 0 aliphatic carbocycles.